The zero-order valence-corrected chi connectivity index (χ0v) is 8.17. The lowest BCUT2D eigenvalue weighted by Crippen LogP contribution is -2.20. The van der Waals surface area contributed by atoms with Crippen LogP contribution in [0.4, 0.5) is 13.2 Å². The molecule has 0 aliphatic carbocycles. The van der Waals surface area contributed by atoms with Crippen molar-refractivity contribution in [1.82, 2.24) is 0 Å². The molecular weight excluding hydrogens is 221 g/mol. The van der Waals surface area contributed by atoms with Crippen molar-refractivity contribution >= 4 is 15.9 Å². The first kappa shape index (κ1) is 11.3. The maximum absolute atomic E-state index is 11.8. The summed E-state index contributed by atoms with van der Waals surface area (Å²) in [6.45, 7) is 3.61. The quantitative estimate of drug-likeness (QED) is 0.653. The lowest BCUT2D eigenvalue weighted by atomic mass is 9.94. The molecule has 0 amide bonds. The maximum Gasteiger partial charge on any atom is 0.389 e. The fourth-order valence-corrected chi connectivity index (χ4v) is 1.74. The number of hydrogen-bond donors (Lipinski definition) is 0. The smallest absolute Gasteiger partial charge is 0.171 e. The standard InChI is InChI=1S/C7H12BrF3/c1-5(2)6(4-8)3-7(9,10)11/h5-6H,3-4H2,1-2H3/t6-/m0/s1. The van der Waals surface area contributed by atoms with Gasteiger partial charge in [0.25, 0.3) is 0 Å². The van der Waals surface area contributed by atoms with Gasteiger partial charge in [-0.2, -0.15) is 13.2 Å². The third-order valence-corrected chi connectivity index (χ3v) is 2.47. The van der Waals surface area contributed by atoms with Crippen LogP contribution in [0, 0.1) is 11.8 Å². The van der Waals surface area contributed by atoms with Gasteiger partial charge in [0.1, 0.15) is 0 Å². The van der Waals surface area contributed by atoms with Gasteiger partial charge < -0.3 is 0 Å². The molecule has 0 unspecified atom stereocenters. The van der Waals surface area contributed by atoms with Crippen LogP contribution in [0.25, 0.3) is 0 Å². The molecule has 0 heterocycles. The molecule has 0 aromatic heterocycles. The molecule has 0 radical (unpaired) electrons. The van der Waals surface area contributed by atoms with Crippen LogP contribution in [0.1, 0.15) is 20.3 Å². The molecule has 4 heteroatoms. The molecule has 1 atom stereocenters. The molecule has 0 aromatic carbocycles. The summed E-state index contributed by atoms with van der Waals surface area (Å²) in [5.74, 6) is -0.217. The Labute approximate surface area is 73.3 Å². The van der Waals surface area contributed by atoms with Crippen LogP contribution < -0.4 is 0 Å². The minimum atomic E-state index is -4.03. The summed E-state index contributed by atoms with van der Waals surface area (Å²) in [5.41, 5.74) is 0. The zero-order chi connectivity index (χ0) is 9.07. The Morgan fingerprint density at radius 2 is 1.73 bits per heavy atom. The number of hydrogen-bond acceptors (Lipinski definition) is 0. The highest BCUT2D eigenvalue weighted by Gasteiger charge is 2.32. The Morgan fingerprint density at radius 3 is 1.82 bits per heavy atom. The summed E-state index contributed by atoms with van der Waals surface area (Å²) in [4.78, 5) is 0. The van der Waals surface area contributed by atoms with Crippen molar-refractivity contribution in [2.24, 2.45) is 11.8 Å². The predicted octanol–water partition coefficient (Wildman–Crippen LogP) is 3.61. The second-order valence-corrected chi connectivity index (χ2v) is 3.63. The van der Waals surface area contributed by atoms with Crippen LogP contribution in [0.15, 0.2) is 0 Å². The van der Waals surface area contributed by atoms with Crippen LogP contribution >= 0.6 is 15.9 Å². The fourth-order valence-electron chi connectivity index (χ4n) is 0.766. The lowest BCUT2D eigenvalue weighted by molar-refractivity contribution is -0.145. The summed E-state index contributed by atoms with van der Waals surface area (Å²) >= 11 is 3.07. The first-order valence-electron chi connectivity index (χ1n) is 3.49. The van der Waals surface area contributed by atoms with E-state index in [0.717, 1.165) is 0 Å². The predicted molar refractivity (Wildman–Crippen MR) is 42.8 cm³/mol. The van der Waals surface area contributed by atoms with Crippen LogP contribution in [0.5, 0.6) is 0 Å². The van der Waals surface area contributed by atoms with E-state index in [1.54, 1.807) is 13.8 Å². The maximum atomic E-state index is 11.8. The van der Waals surface area contributed by atoms with Crippen LogP contribution in [0.2, 0.25) is 0 Å². The monoisotopic (exact) mass is 232 g/mol. The van der Waals surface area contributed by atoms with Gasteiger partial charge in [0.05, 0.1) is 0 Å². The highest BCUT2D eigenvalue weighted by molar-refractivity contribution is 9.09. The first-order chi connectivity index (χ1) is 4.87. The van der Waals surface area contributed by atoms with E-state index >= 15 is 0 Å². The van der Waals surface area contributed by atoms with E-state index in [1.807, 2.05) is 0 Å². The molecule has 11 heavy (non-hydrogen) atoms. The van der Waals surface area contributed by atoms with E-state index in [9.17, 15) is 13.2 Å². The summed E-state index contributed by atoms with van der Waals surface area (Å²) in [5, 5.41) is 0.421. The first-order valence-corrected chi connectivity index (χ1v) is 4.61. The topological polar surface area (TPSA) is 0 Å². The van der Waals surface area contributed by atoms with Crippen molar-refractivity contribution in [3.05, 3.63) is 0 Å². The van der Waals surface area contributed by atoms with Gasteiger partial charge in [0.15, 0.2) is 0 Å². The molecule has 0 aliphatic rings. The molecular formula is C7H12BrF3. The largest absolute Gasteiger partial charge is 0.389 e. The molecule has 0 N–H and O–H groups in total. The van der Waals surface area contributed by atoms with Crippen LogP contribution in [0.3, 0.4) is 0 Å². The van der Waals surface area contributed by atoms with Gasteiger partial charge >= 0.3 is 6.18 Å². The van der Waals surface area contributed by atoms with E-state index in [4.69, 9.17) is 0 Å². The van der Waals surface area contributed by atoms with Crippen LogP contribution in [-0.4, -0.2) is 11.5 Å². The summed E-state index contributed by atoms with van der Waals surface area (Å²) in [7, 11) is 0. The van der Waals surface area contributed by atoms with Gasteiger partial charge in [0, 0.05) is 11.8 Å². The lowest BCUT2D eigenvalue weighted by Gasteiger charge is -2.19. The molecule has 0 spiro atoms. The summed E-state index contributed by atoms with van der Waals surface area (Å²) in [6, 6.07) is 0. The SMILES string of the molecule is CC(C)[C@H](CBr)CC(F)(F)F. The summed E-state index contributed by atoms with van der Waals surface area (Å²) in [6.07, 6.45) is -4.71. The molecule has 0 saturated carbocycles. The average molecular weight is 233 g/mol. The van der Waals surface area contributed by atoms with Gasteiger partial charge in [-0.1, -0.05) is 29.8 Å². The molecule has 68 valence electrons. The van der Waals surface area contributed by atoms with E-state index in [2.05, 4.69) is 15.9 Å². The summed E-state index contributed by atoms with van der Waals surface area (Å²) < 4.78 is 35.5. The van der Waals surface area contributed by atoms with Crippen molar-refractivity contribution in [3.8, 4) is 0 Å². The fraction of sp³-hybridized carbons (Fsp3) is 1.00. The van der Waals surface area contributed by atoms with E-state index in [1.165, 1.54) is 0 Å². The van der Waals surface area contributed by atoms with Crippen molar-refractivity contribution in [2.45, 2.75) is 26.4 Å². The highest BCUT2D eigenvalue weighted by Crippen LogP contribution is 2.29. The minimum Gasteiger partial charge on any atom is -0.171 e. The average Bonchev–Trinajstić information content (AvgIpc) is 1.80. The Hall–Kier alpha value is 0.270. The van der Waals surface area contributed by atoms with Crippen LogP contribution in [-0.2, 0) is 0 Å². The van der Waals surface area contributed by atoms with E-state index in [-0.39, 0.29) is 11.8 Å². The number of halogens is 4. The van der Waals surface area contributed by atoms with Gasteiger partial charge in [-0.25, -0.2) is 0 Å². The molecule has 0 aliphatic heterocycles. The highest BCUT2D eigenvalue weighted by atomic mass is 79.9. The van der Waals surface area contributed by atoms with E-state index < -0.39 is 12.6 Å². The minimum absolute atomic E-state index is 0.0796. The van der Waals surface area contributed by atoms with Crippen molar-refractivity contribution in [1.29, 1.82) is 0 Å². The second-order valence-electron chi connectivity index (χ2n) is 2.98. The van der Waals surface area contributed by atoms with Gasteiger partial charge in [-0.3, -0.25) is 0 Å². The normalized spacial score (nSPS) is 15.5. The van der Waals surface area contributed by atoms with Crippen molar-refractivity contribution in [3.63, 3.8) is 0 Å². The molecule has 0 fully saturated rings. The van der Waals surface area contributed by atoms with Gasteiger partial charge in [0.2, 0.25) is 0 Å². The Morgan fingerprint density at radius 1 is 1.27 bits per heavy atom. The molecule has 0 nitrogen and oxygen atoms in total. The van der Waals surface area contributed by atoms with Crippen molar-refractivity contribution < 1.29 is 13.2 Å². The number of rotatable bonds is 3. The molecule has 0 aromatic rings. The Balaban J connectivity index is 3.88. The second kappa shape index (κ2) is 4.33. The van der Waals surface area contributed by atoms with E-state index in [0.29, 0.717) is 5.33 Å². The third kappa shape index (κ3) is 5.53. The zero-order valence-electron chi connectivity index (χ0n) is 6.58. The Bertz CT molecular complexity index is 109. The van der Waals surface area contributed by atoms with Crippen molar-refractivity contribution in [2.75, 3.05) is 5.33 Å². The third-order valence-electron chi connectivity index (χ3n) is 1.63. The molecule has 0 rings (SSSR count). The van der Waals surface area contributed by atoms with Gasteiger partial charge in [-0.05, 0) is 11.8 Å². The number of alkyl halides is 4. The Kier molecular flexibility index (Phi) is 4.44. The molecule has 0 bridgehead atoms. The molecule has 0 saturated heterocycles. The van der Waals surface area contributed by atoms with Gasteiger partial charge in [-0.15, -0.1) is 0 Å².